The van der Waals surface area contributed by atoms with E-state index >= 15 is 0 Å². The molecule has 1 N–H and O–H groups in total. The van der Waals surface area contributed by atoms with E-state index in [0.717, 1.165) is 31.7 Å². The molecule has 90 valence electrons. The lowest BCUT2D eigenvalue weighted by Crippen LogP contribution is -2.41. The predicted molar refractivity (Wildman–Crippen MR) is 65.7 cm³/mol. The number of piperidine rings is 1. The molecular weight excluding hydrogens is 229 g/mol. The van der Waals surface area contributed by atoms with Gasteiger partial charge in [-0.2, -0.15) is 0 Å². The van der Waals surface area contributed by atoms with Crippen molar-refractivity contribution in [2.45, 2.75) is 18.9 Å². The molecule has 2 rings (SSSR count). The molecule has 1 aromatic heterocycles. The molecule has 1 saturated heterocycles. The highest BCUT2D eigenvalue weighted by atomic mass is 35.5. The first-order chi connectivity index (χ1) is 7.29. The molecule has 3 nitrogen and oxygen atoms in total. The second kappa shape index (κ2) is 6.01. The zero-order valence-corrected chi connectivity index (χ0v) is 10.1. The minimum atomic E-state index is -0.274. The molecule has 1 aliphatic heterocycles. The van der Waals surface area contributed by atoms with Crippen LogP contribution in [0.5, 0.6) is 0 Å². The minimum absolute atomic E-state index is 0. The van der Waals surface area contributed by atoms with E-state index in [2.05, 4.69) is 15.2 Å². The van der Waals surface area contributed by atoms with Crippen LogP contribution in [0, 0.1) is 5.82 Å². The van der Waals surface area contributed by atoms with E-state index in [1.807, 2.05) is 7.05 Å². The van der Waals surface area contributed by atoms with Gasteiger partial charge in [-0.1, -0.05) is 0 Å². The Labute approximate surface area is 101 Å². The van der Waals surface area contributed by atoms with Crippen LogP contribution < -0.4 is 10.2 Å². The average molecular weight is 246 g/mol. The average Bonchev–Trinajstić information content (AvgIpc) is 2.30. The standard InChI is InChI=1S/C11H16FN3.ClH/c1-13-10-4-6-15(7-5-10)11-3-2-9(12)8-14-11;/h2-3,8,10,13H,4-7H2,1H3;1H. The fraction of sp³-hybridized carbons (Fsp3) is 0.545. The Morgan fingerprint density at radius 2 is 2.06 bits per heavy atom. The van der Waals surface area contributed by atoms with Crippen LogP contribution in [0.3, 0.4) is 0 Å². The van der Waals surface area contributed by atoms with Crippen molar-refractivity contribution in [1.29, 1.82) is 0 Å². The van der Waals surface area contributed by atoms with E-state index < -0.39 is 0 Å². The van der Waals surface area contributed by atoms with E-state index in [4.69, 9.17) is 0 Å². The largest absolute Gasteiger partial charge is 0.357 e. The lowest BCUT2D eigenvalue weighted by atomic mass is 10.1. The van der Waals surface area contributed by atoms with Gasteiger partial charge >= 0.3 is 0 Å². The van der Waals surface area contributed by atoms with Gasteiger partial charge in [0.25, 0.3) is 0 Å². The van der Waals surface area contributed by atoms with Crippen molar-refractivity contribution in [1.82, 2.24) is 10.3 Å². The number of nitrogens with zero attached hydrogens (tertiary/aromatic N) is 2. The highest BCUT2D eigenvalue weighted by Crippen LogP contribution is 2.17. The highest BCUT2D eigenvalue weighted by Gasteiger charge is 2.18. The van der Waals surface area contributed by atoms with Crippen LogP contribution in [-0.4, -0.2) is 31.2 Å². The maximum Gasteiger partial charge on any atom is 0.141 e. The van der Waals surface area contributed by atoms with E-state index in [9.17, 15) is 4.39 Å². The van der Waals surface area contributed by atoms with Crippen LogP contribution >= 0.6 is 12.4 Å². The molecule has 0 amide bonds. The van der Waals surface area contributed by atoms with Crippen molar-refractivity contribution in [2.75, 3.05) is 25.0 Å². The van der Waals surface area contributed by atoms with E-state index in [1.165, 1.54) is 12.3 Å². The summed E-state index contributed by atoms with van der Waals surface area (Å²) < 4.78 is 12.7. The summed E-state index contributed by atoms with van der Waals surface area (Å²) >= 11 is 0. The molecule has 1 aromatic rings. The number of anilines is 1. The highest BCUT2D eigenvalue weighted by molar-refractivity contribution is 5.85. The third-order valence-electron chi connectivity index (χ3n) is 2.94. The van der Waals surface area contributed by atoms with Crippen LogP contribution in [0.4, 0.5) is 10.2 Å². The van der Waals surface area contributed by atoms with E-state index in [1.54, 1.807) is 6.07 Å². The molecule has 0 unspecified atom stereocenters. The van der Waals surface area contributed by atoms with Crippen molar-refractivity contribution in [3.63, 3.8) is 0 Å². The van der Waals surface area contributed by atoms with Crippen LogP contribution in [0.15, 0.2) is 18.3 Å². The van der Waals surface area contributed by atoms with Gasteiger partial charge in [0.2, 0.25) is 0 Å². The molecule has 0 saturated carbocycles. The maximum atomic E-state index is 12.7. The van der Waals surface area contributed by atoms with Gasteiger partial charge in [-0.3, -0.25) is 0 Å². The Balaban J connectivity index is 0.00000128. The number of rotatable bonds is 2. The van der Waals surface area contributed by atoms with Gasteiger partial charge in [0.15, 0.2) is 0 Å². The van der Waals surface area contributed by atoms with Crippen molar-refractivity contribution < 1.29 is 4.39 Å². The number of aromatic nitrogens is 1. The SMILES string of the molecule is CNC1CCN(c2ccc(F)cn2)CC1.Cl. The Hall–Kier alpha value is -0.870. The summed E-state index contributed by atoms with van der Waals surface area (Å²) in [4.78, 5) is 6.28. The third kappa shape index (κ3) is 3.06. The van der Waals surface area contributed by atoms with Crippen molar-refractivity contribution in [2.24, 2.45) is 0 Å². The molecule has 5 heteroatoms. The second-order valence-electron chi connectivity index (χ2n) is 3.88. The molecule has 0 spiro atoms. The third-order valence-corrected chi connectivity index (χ3v) is 2.94. The zero-order chi connectivity index (χ0) is 10.7. The topological polar surface area (TPSA) is 28.2 Å². The van der Waals surface area contributed by atoms with Crippen molar-refractivity contribution in [3.05, 3.63) is 24.1 Å². The second-order valence-corrected chi connectivity index (χ2v) is 3.88. The van der Waals surface area contributed by atoms with E-state index in [0.29, 0.717) is 6.04 Å². The first-order valence-electron chi connectivity index (χ1n) is 5.33. The molecule has 0 aliphatic carbocycles. The summed E-state index contributed by atoms with van der Waals surface area (Å²) in [5, 5.41) is 3.28. The van der Waals surface area contributed by atoms with Gasteiger partial charge < -0.3 is 10.2 Å². The van der Waals surface area contributed by atoms with E-state index in [-0.39, 0.29) is 18.2 Å². The van der Waals surface area contributed by atoms with Crippen molar-refractivity contribution in [3.8, 4) is 0 Å². The summed E-state index contributed by atoms with van der Waals surface area (Å²) in [6, 6.07) is 3.82. The summed E-state index contributed by atoms with van der Waals surface area (Å²) in [5.41, 5.74) is 0. The fourth-order valence-corrected chi connectivity index (χ4v) is 1.95. The first-order valence-corrected chi connectivity index (χ1v) is 5.33. The smallest absolute Gasteiger partial charge is 0.141 e. The quantitative estimate of drug-likeness (QED) is 0.862. The summed E-state index contributed by atoms with van der Waals surface area (Å²) in [7, 11) is 2.00. The lowest BCUT2D eigenvalue weighted by molar-refractivity contribution is 0.440. The fourth-order valence-electron chi connectivity index (χ4n) is 1.95. The van der Waals surface area contributed by atoms with Gasteiger partial charge in [0, 0.05) is 19.1 Å². The molecule has 0 bridgehead atoms. The van der Waals surface area contributed by atoms with Gasteiger partial charge in [-0.15, -0.1) is 12.4 Å². The number of pyridine rings is 1. The predicted octanol–water partition coefficient (Wildman–Crippen LogP) is 1.83. The van der Waals surface area contributed by atoms with Gasteiger partial charge in [-0.05, 0) is 32.0 Å². The maximum absolute atomic E-state index is 12.7. The number of halogens is 2. The normalized spacial score (nSPS) is 17.0. The summed E-state index contributed by atoms with van der Waals surface area (Å²) in [5.74, 6) is 0.606. The number of nitrogens with one attached hydrogen (secondary N) is 1. The number of hydrogen-bond acceptors (Lipinski definition) is 3. The molecule has 0 radical (unpaired) electrons. The first kappa shape index (κ1) is 13.2. The van der Waals surface area contributed by atoms with Gasteiger partial charge in [0.1, 0.15) is 11.6 Å². The van der Waals surface area contributed by atoms with Crippen LogP contribution in [0.2, 0.25) is 0 Å². The Bertz CT molecular complexity index is 310. The molecule has 1 fully saturated rings. The zero-order valence-electron chi connectivity index (χ0n) is 9.32. The van der Waals surface area contributed by atoms with Crippen LogP contribution in [0.1, 0.15) is 12.8 Å². The molecule has 0 atom stereocenters. The lowest BCUT2D eigenvalue weighted by Gasteiger charge is -2.32. The van der Waals surface area contributed by atoms with Gasteiger partial charge in [0.05, 0.1) is 6.20 Å². The summed E-state index contributed by atoms with van der Waals surface area (Å²) in [6.07, 6.45) is 3.52. The monoisotopic (exact) mass is 245 g/mol. The molecule has 0 aromatic carbocycles. The molecular formula is C11H17ClFN3. The molecule has 1 aliphatic rings. The van der Waals surface area contributed by atoms with Crippen molar-refractivity contribution >= 4 is 18.2 Å². The Morgan fingerprint density at radius 1 is 1.38 bits per heavy atom. The Morgan fingerprint density at radius 3 is 2.56 bits per heavy atom. The van der Waals surface area contributed by atoms with Crippen LogP contribution in [0.25, 0.3) is 0 Å². The Kier molecular flexibility index (Phi) is 4.96. The molecule has 16 heavy (non-hydrogen) atoms. The van der Waals surface area contributed by atoms with Crippen LogP contribution in [-0.2, 0) is 0 Å². The van der Waals surface area contributed by atoms with Gasteiger partial charge in [-0.25, -0.2) is 9.37 Å². The number of hydrogen-bond donors (Lipinski definition) is 1. The minimum Gasteiger partial charge on any atom is -0.357 e. The molecule has 2 heterocycles. The summed E-state index contributed by atoms with van der Waals surface area (Å²) in [6.45, 7) is 1.98.